The number of alkyl halides is 3. The Balaban J connectivity index is 3.12. The Bertz CT molecular complexity index is 265. The minimum atomic E-state index is -4.53. The first-order chi connectivity index (χ1) is 5.05. The zero-order chi connectivity index (χ0) is 8.48. The summed E-state index contributed by atoms with van der Waals surface area (Å²) < 4.78 is 35.5. The summed E-state index contributed by atoms with van der Waals surface area (Å²) in [7, 11) is 0. The van der Waals surface area contributed by atoms with Crippen molar-refractivity contribution in [3.05, 3.63) is 17.5 Å². The molecule has 0 fully saturated rings. The first-order valence-electron chi connectivity index (χ1n) is 2.61. The Morgan fingerprint density at radius 1 is 1.55 bits per heavy atom. The smallest absolute Gasteiger partial charge is 0.298 e. The van der Waals surface area contributed by atoms with Gasteiger partial charge in [-0.15, -0.1) is 0 Å². The molecule has 0 radical (unpaired) electrons. The molecular formula is C5H3F3N2O. The lowest BCUT2D eigenvalue weighted by atomic mass is 10.3. The molecular weight excluding hydrogens is 161 g/mol. The molecule has 0 bridgehead atoms. The molecule has 1 rings (SSSR count). The average molecular weight is 164 g/mol. The summed E-state index contributed by atoms with van der Waals surface area (Å²) >= 11 is 0. The molecule has 6 heteroatoms. The number of aromatic amines is 1. The fraction of sp³-hybridized carbons (Fsp3) is 0.200. The first-order valence-corrected chi connectivity index (χ1v) is 2.61. The second kappa shape index (κ2) is 2.37. The summed E-state index contributed by atoms with van der Waals surface area (Å²) in [5, 5.41) is 4.77. The van der Waals surface area contributed by atoms with Crippen molar-refractivity contribution in [1.82, 2.24) is 10.2 Å². The monoisotopic (exact) mass is 164 g/mol. The molecule has 1 N–H and O–H groups in total. The van der Waals surface area contributed by atoms with Gasteiger partial charge in [0.15, 0.2) is 6.29 Å². The van der Waals surface area contributed by atoms with Crippen LogP contribution < -0.4 is 0 Å². The number of nitrogens with zero attached hydrogens (tertiary/aromatic N) is 1. The van der Waals surface area contributed by atoms with E-state index in [1.165, 1.54) is 0 Å². The van der Waals surface area contributed by atoms with Crippen molar-refractivity contribution in [2.75, 3.05) is 0 Å². The van der Waals surface area contributed by atoms with Crippen LogP contribution in [0.2, 0.25) is 0 Å². The van der Waals surface area contributed by atoms with Crippen molar-refractivity contribution in [2.24, 2.45) is 0 Å². The van der Waals surface area contributed by atoms with Crippen LogP contribution in [0, 0.1) is 0 Å². The predicted molar refractivity (Wildman–Crippen MR) is 29.0 cm³/mol. The zero-order valence-electron chi connectivity index (χ0n) is 5.14. The van der Waals surface area contributed by atoms with Crippen LogP contribution in [-0.2, 0) is 6.18 Å². The molecule has 0 aromatic carbocycles. The largest absolute Gasteiger partial charge is 0.433 e. The van der Waals surface area contributed by atoms with Crippen LogP contribution in [0.3, 0.4) is 0 Å². The van der Waals surface area contributed by atoms with Gasteiger partial charge in [-0.2, -0.15) is 18.3 Å². The number of carbonyl (C=O) groups excluding carboxylic acids is 1. The molecule has 60 valence electrons. The summed E-state index contributed by atoms with van der Waals surface area (Å²) in [5.41, 5.74) is -1.58. The lowest BCUT2D eigenvalue weighted by molar-refractivity contribution is -0.141. The number of nitrogens with one attached hydrogen (secondary N) is 1. The van der Waals surface area contributed by atoms with E-state index in [2.05, 4.69) is 5.10 Å². The van der Waals surface area contributed by atoms with Crippen molar-refractivity contribution in [1.29, 1.82) is 0 Å². The van der Waals surface area contributed by atoms with Gasteiger partial charge in [0.25, 0.3) is 0 Å². The number of aldehydes is 1. The molecule has 0 unspecified atom stereocenters. The Kier molecular flexibility index (Phi) is 1.67. The number of H-pyrrole nitrogens is 1. The van der Waals surface area contributed by atoms with Crippen LogP contribution in [0.1, 0.15) is 16.1 Å². The summed E-state index contributed by atoms with van der Waals surface area (Å²) in [5.74, 6) is 0. The highest BCUT2D eigenvalue weighted by atomic mass is 19.4. The van der Waals surface area contributed by atoms with E-state index < -0.39 is 17.4 Å². The quantitative estimate of drug-likeness (QED) is 0.634. The lowest BCUT2D eigenvalue weighted by Crippen LogP contribution is -2.08. The van der Waals surface area contributed by atoms with Gasteiger partial charge in [-0.1, -0.05) is 0 Å². The van der Waals surface area contributed by atoms with Gasteiger partial charge in [-0.05, 0) is 0 Å². The molecule has 1 aromatic rings. The van der Waals surface area contributed by atoms with Crippen molar-refractivity contribution < 1.29 is 18.0 Å². The minimum absolute atomic E-state index is 0.103. The van der Waals surface area contributed by atoms with Gasteiger partial charge in [0, 0.05) is 0 Å². The van der Waals surface area contributed by atoms with E-state index in [1.807, 2.05) is 0 Å². The molecule has 0 aliphatic carbocycles. The molecule has 0 saturated heterocycles. The van der Waals surface area contributed by atoms with Gasteiger partial charge >= 0.3 is 6.18 Å². The van der Waals surface area contributed by atoms with Gasteiger partial charge in [-0.25, -0.2) is 0 Å². The topological polar surface area (TPSA) is 45.8 Å². The van der Waals surface area contributed by atoms with E-state index in [1.54, 1.807) is 5.10 Å². The van der Waals surface area contributed by atoms with E-state index in [-0.39, 0.29) is 6.29 Å². The molecule has 0 saturated carbocycles. The number of hydrogen-bond acceptors (Lipinski definition) is 2. The highest BCUT2D eigenvalue weighted by molar-refractivity contribution is 5.76. The molecule has 11 heavy (non-hydrogen) atoms. The Morgan fingerprint density at radius 2 is 2.18 bits per heavy atom. The molecule has 0 atom stereocenters. The fourth-order valence-electron chi connectivity index (χ4n) is 0.612. The number of rotatable bonds is 1. The molecule has 0 aliphatic rings. The minimum Gasteiger partial charge on any atom is -0.298 e. The van der Waals surface area contributed by atoms with Gasteiger partial charge < -0.3 is 0 Å². The maximum atomic E-state index is 11.8. The molecule has 1 aromatic heterocycles. The van der Waals surface area contributed by atoms with Crippen molar-refractivity contribution >= 4 is 6.29 Å². The van der Waals surface area contributed by atoms with Crippen molar-refractivity contribution in [2.45, 2.75) is 6.18 Å². The van der Waals surface area contributed by atoms with E-state index in [9.17, 15) is 18.0 Å². The standard InChI is InChI=1S/C5H3F3N2O/c6-5(7,8)4-3(2-11)1-9-10-4/h1-2H,(H,9,10). The van der Waals surface area contributed by atoms with Crippen molar-refractivity contribution in [3.63, 3.8) is 0 Å². The lowest BCUT2D eigenvalue weighted by Gasteiger charge is -2.01. The first kappa shape index (κ1) is 7.77. The Hall–Kier alpha value is -1.33. The summed E-state index contributed by atoms with van der Waals surface area (Å²) in [4.78, 5) is 9.98. The molecule has 1 heterocycles. The second-order valence-electron chi connectivity index (χ2n) is 1.82. The maximum Gasteiger partial charge on any atom is 0.433 e. The van der Waals surface area contributed by atoms with Gasteiger partial charge in [0.05, 0.1) is 11.8 Å². The fourth-order valence-corrected chi connectivity index (χ4v) is 0.612. The summed E-state index contributed by atoms with van der Waals surface area (Å²) in [6.45, 7) is 0. The third-order valence-electron chi connectivity index (χ3n) is 1.08. The van der Waals surface area contributed by atoms with E-state index >= 15 is 0 Å². The highest BCUT2D eigenvalue weighted by Crippen LogP contribution is 2.28. The van der Waals surface area contributed by atoms with Crippen molar-refractivity contribution in [3.8, 4) is 0 Å². The number of carbonyl (C=O) groups is 1. The van der Waals surface area contributed by atoms with E-state index in [4.69, 9.17) is 0 Å². The van der Waals surface area contributed by atoms with Crippen LogP contribution >= 0.6 is 0 Å². The van der Waals surface area contributed by atoms with Gasteiger partial charge in [0.2, 0.25) is 0 Å². The van der Waals surface area contributed by atoms with Crippen LogP contribution in [0.15, 0.2) is 6.20 Å². The number of aromatic nitrogens is 2. The summed E-state index contributed by atoms with van der Waals surface area (Å²) in [6.07, 6.45) is -3.60. The zero-order valence-corrected chi connectivity index (χ0v) is 5.14. The van der Waals surface area contributed by atoms with Gasteiger partial charge in [0.1, 0.15) is 5.69 Å². The summed E-state index contributed by atoms with van der Waals surface area (Å²) in [6, 6.07) is 0. The maximum absolute atomic E-state index is 11.8. The van der Waals surface area contributed by atoms with Crippen LogP contribution in [0.4, 0.5) is 13.2 Å². The number of halogens is 3. The highest BCUT2D eigenvalue weighted by Gasteiger charge is 2.35. The molecule has 0 spiro atoms. The van der Waals surface area contributed by atoms with E-state index in [0.717, 1.165) is 6.20 Å². The average Bonchev–Trinajstić information content (AvgIpc) is 2.31. The third kappa shape index (κ3) is 1.39. The Labute approximate surface area is 59.2 Å². The van der Waals surface area contributed by atoms with Crippen LogP contribution in [-0.4, -0.2) is 16.5 Å². The molecule has 3 nitrogen and oxygen atoms in total. The van der Waals surface area contributed by atoms with Gasteiger partial charge in [-0.3, -0.25) is 9.89 Å². The van der Waals surface area contributed by atoms with E-state index in [0.29, 0.717) is 0 Å². The predicted octanol–water partition coefficient (Wildman–Crippen LogP) is 1.24. The third-order valence-corrected chi connectivity index (χ3v) is 1.08. The molecule has 0 aliphatic heterocycles. The second-order valence-corrected chi connectivity index (χ2v) is 1.82. The number of hydrogen-bond donors (Lipinski definition) is 1. The van der Waals surface area contributed by atoms with Crippen LogP contribution in [0.25, 0.3) is 0 Å². The molecule has 0 amide bonds. The SMILES string of the molecule is O=Cc1cn[nH]c1C(F)(F)F. The normalized spacial score (nSPS) is 11.5. The Morgan fingerprint density at radius 3 is 2.55 bits per heavy atom. The van der Waals surface area contributed by atoms with Crippen LogP contribution in [0.5, 0.6) is 0 Å².